The van der Waals surface area contributed by atoms with E-state index in [1.54, 1.807) is 17.0 Å². The lowest BCUT2D eigenvalue weighted by atomic mass is 9.83. The van der Waals surface area contributed by atoms with Gasteiger partial charge in [0, 0.05) is 31.6 Å². The molecule has 2 heterocycles. The molecule has 2 aliphatic rings. The molecule has 130 valence electrons. The lowest BCUT2D eigenvalue weighted by Gasteiger charge is -2.44. The zero-order chi connectivity index (χ0) is 17.3. The van der Waals surface area contributed by atoms with Crippen molar-refractivity contribution in [3.05, 3.63) is 59.9 Å². The average molecular weight is 340 g/mol. The largest absolute Gasteiger partial charge is 0.487 e. The lowest BCUT2D eigenvalue weighted by Crippen LogP contribution is -2.52. The zero-order valence-electron chi connectivity index (χ0n) is 14.0. The van der Waals surface area contributed by atoms with Gasteiger partial charge in [-0.3, -0.25) is 0 Å². The molecule has 4 rings (SSSR count). The van der Waals surface area contributed by atoms with Crippen LogP contribution in [0, 0.1) is 5.82 Å². The van der Waals surface area contributed by atoms with Crippen LogP contribution in [0.3, 0.4) is 0 Å². The first-order valence-electron chi connectivity index (χ1n) is 8.72. The molecular weight excluding hydrogens is 319 g/mol. The van der Waals surface area contributed by atoms with Gasteiger partial charge in [0.2, 0.25) is 0 Å². The van der Waals surface area contributed by atoms with Gasteiger partial charge < -0.3 is 15.0 Å². The molecule has 2 aromatic rings. The summed E-state index contributed by atoms with van der Waals surface area (Å²) in [4.78, 5) is 14.2. The maximum Gasteiger partial charge on any atom is 0.321 e. The van der Waals surface area contributed by atoms with E-state index in [2.05, 4.69) is 11.4 Å². The molecule has 4 nitrogen and oxygen atoms in total. The number of aryl methyl sites for hydroxylation is 1. The van der Waals surface area contributed by atoms with Crippen molar-refractivity contribution in [2.24, 2.45) is 0 Å². The second-order valence-corrected chi connectivity index (χ2v) is 6.82. The Hall–Kier alpha value is -2.56. The number of benzene rings is 2. The molecule has 0 radical (unpaired) electrons. The molecule has 0 atom stereocenters. The van der Waals surface area contributed by atoms with E-state index in [0.29, 0.717) is 18.8 Å². The van der Waals surface area contributed by atoms with E-state index in [-0.39, 0.29) is 17.4 Å². The summed E-state index contributed by atoms with van der Waals surface area (Å²) in [7, 11) is 0. The molecule has 2 aromatic carbocycles. The average Bonchev–Trinajstić information content (AvgIpc) is 2.64. The van der Waals surface area contributed by atoms with Crippen molar-refractivity contribution in [3.8, 4) is 5.75 Å². The summed E-state index contributed by atoms with van der Waals surface area (Å²) >= 11 is 0. The molecule has 0 aliphatic carbocycles. The molecular formula is C20H21FN2O2. The van der Waals surface area contributed by atoms with Crippen LogP contribution < -0.4 is 10.1 Å². The number of piperidine rings is 1. The number of fused-ring (bicyclic) bond motifs is 1. The van der Waals surface area contributed by atoms with E-state index in [9.17, 15) is 9.18 Å². The standard InChI is InChI=1S/C20H21FN2O2/c21-16-5-7-17(8-6-16)22-19(24)23-13-11-20(12-14-23)10-9-15-3-1-2-4-18(15)25-20/h1-8H,9-14H2,(H,22,24). The van der Waals surface area contributed by atoms with Gasteiger partial charge in [0.1, 0.15) is 17.2 Å². The molecule has 0 bridgehead atoms. The minimum atomic E-state index is -0.312. The fourth-order valence-corrected chi connectivity index (χ4v) is 3.66. The highest BCUT2D eigenvalue weighted by molar-refractivity contribution is 5.89. The van der Waals surface area contributed by atoms with Gasteiger partial charge in [0.15, 0.2) is 0 Å². The summed E-state index contributed by atoms with van der Waals surface area (Å²) in [6, 6.07) is 13.9. The van der Waals surface area contributed by atoms with E-state index >= 15 is 0 Å². The van der Waals surface area contributed by atoms with Gasteiger partial charge in [-0.25, -0.2) is 9.18 Å². The van der Waals surface area contributed by atoms with Crippen LogP contribution >= 0.6 is 0 Å². The first-order valence-corrected chi connectivity index (χ1v) is 8.72. The number of para-hydroxylation sites is 1. The topological polar surface area (TPSA) is 41.6 Å². The third-order valence-electron chi connectivity index (χ3n) is 5.21. The predicted octanol–water partition coefficient (Wildman–Crippen LogP) is 4.22. The van der Waals surface area contributed by atoms with Crippen molar-refractivity contribution in [2.75, 3.05) is 18.4 Å². The summed E-state index contributed by atoms with van der Waals surface area (Å²) in [5, 5.41) is 2.83. The number of hydrogen-bond acceptors (Lipinski definition) is 2. The number of urea groups is 1. The van der Waals surface area contributed by atoms with Crippen molar-refractivity contribution in [1.82, 2.24) is 4.90 Å². The van der Waals surface area contributed by atoms with Crippen molar-refractivity contribution < 1.29 is 13.9 Å². The lowest BCUT2D eigenvalue weighted by molar-refractivity contribution is -0.00435. The molecule has 25 heavy (non-hydrogen) atoms. The molecule has 5 heteroatoms. The second-order valence-electron chi connectivity index (χ2n) is 6.82. The molecule has 1 N–H and O–H groups in total. The van der Waals surface area contributed by atoms with E-state index in [1.807, 2.05) is 18.2 Å². The predicted molar refractivity (Wildman–Crippen MR) is 94.3 cm³/mol. The Kier molecular flexibility index (Phi) is 4.07. The maximum atomic E-state index is 12.9. The molecule has 0 unspecified atom stereocenters. The van der Waals surface area contributed by atoms with Gasteiger partial charge in [-0.15, -0.1) is 0 Å². The van der Waals surface area contributed by atoms with E-state index < -0.39 is 0 Å². The van der Waals surface area contributed by atoms with Crippen LogP contribution in [0.15, 0.2) is 48.5 Å². The summed E-state index contributed by atoms with van der Waals surface area (Å²) in [6.07, 6.45) is 3.69. The van der Waals surface area contributed by atoms with Gasteiger partial charge in [0.25, 0.3) is 0 Å². The number of ether oxygens (including phenoxy) is 1. The fraction of sp³-hybridized carbons (Fsp3) is 0.350. The number of nitrogens with one attached hydrogen (secondary N) is 1. The number of halogens is 1. The normalized spacial score (nSPS) is 18.4. The number of nitrogens with zero attached hydrogens (tertiary/aromatic N) is 1. The van der Waals surface area contributed by atoms with Crippen LogP contribution in [-0.4, -0.2) is 29.6 Å². The Bertz CT molecular complexity index is 768. The summed E-state index contributed by atoms with van der Waals surface area (Å²) in [5.74, 6) is 0.672. The minimum Gasteiger partial charge on any atom is -0.487 e. The molecule has 2 aliphatic heterocycles. The number of amides is 2. The first kappa shape index (κ1) is 15.9. The number of anilines is 1. The van der Waals surface area contributed by atoms with Crippen LogP contribution in [-0.2, 0) is 6.42 Å². The SMILES string of the molecule is O=C(Nc1ccc(F)cc1)N1CCC2(CCc3ccccc3O2)CC1. The third-order valence-corrected chi connectivity index (χ3v) is 5.21. The number of hydrogen-bond donors (Lipinski definition) is 1. The van der Waals surface area contributed by atoms with Crippen molar-refractivity contribution in [1.29, 1.82) is 0 Å². The Balaban J connectivity index is 1.37. The summed E-state index contributed by atoms with van der Waals surface area (Å²) in [6.45, 7) is 1.32. The van der Waals surface area contributed by atoms with Gasteiger partial charge in [-0.05, 0) is 48.7 Å². The molecule has 1 spiro atoms. The Morgan fingerprint density at radius 1 is 1.04 bits per heavy atom. The van der Waals surface area contributed by atoms with E-state index in [1.165, 1.54) is 17.7 Å². The van der Waals surface area contributed by atoms with Crippen molar-refractivity contribution in [2.45, 2.75) is 31.3 Å². The maximum absolute atomic E-state index is 12.9. The number of rotatable bonds is 1. The molecule has 2 amide bonds. The molecule has 1 saturated heterocycles. The van der Waals surface area contributed by atoms with Crippen LogP contribution in [0.25, 0.3) is 0 Å². The number of carbonyl (C=O) groups excluding carboxylic acids is 1. The Labute approximate surface area is 146 Å². The van der Waals surface area contributed by atoms with Crippen LogP contribution in [0.1, 0.15) is 24.8 Å². The molecule has 0 saturated carbocycles. The van der Waals surface area contributed by atoms with Gasteiger partial charge in [0.05, 0.1) is 0 Å². The summed E-state index contributed by atoms with van der Waals surface area (Å²) in [5.41, 5.74) is 1.72. The van der Waals surface area contributed by atoms with Gasteiger partial charge in [-0.1, -0.05) is 18.2 Å². The number of likely N-dealkylation sites (tertiary alicyclic amines) is 1. The quantitative estimate of drug-likeness (QED) is 0.844. The Morgan fingerprint density at radius 3 is 2.52 bits per heavy atom. The zero-order valence-corrected chi connectivity index (χ0v) is 14.0. The van der Waals surface area contributed by atoms with E-state index in [4.69, 9.17) is 4.74 Å². The smallest absolute Gasteiger partial charge is 0.321 e. The molecule has 0 aromatic heterocycles. The van der Waals surface area contributed by atoms with Crippen molar-refractivity contribution in [3.63, 3.8) is 0 Å². The molecule has 1 fully saturated rings. The highest BCUT2D eigenvalue weighted by atomic mass is 19.1. The van der Waals surface area contributed by atoms with Crippen LogP contribution in [0.5, 0.6) is 5.75 Å². The van der Waals surface area contributed by atoms with Crippen molar-refractivity contribution >= 4 is 11.7 Å². The van der Waals surface area contributed by atoms with Gasteiger partial charge >= 0.3 is 6.03 Å². The van der Waals surface area contributed by atoms with Crippen LogP contribution in [0.4, 0.5) is 14.9 Å². The highest BCUT2D eigenvalue weighted by Crippen LogP contribution is 2.39. The highest BCUT2D eigenvalue weighted by Gasteiger charge is 2.40. The Morgan fingerprint density at radius 2 is 1.76 bits per heavy atom. The van der Waals surface area contributed by atoms with Gasteiger partial charge in [-0.2, -0.15) is 0 Å². The second kappa shape index (κ2) is 6.39. The van der Waals surface area contributed by atoms with E-state index in [0.717, 1.165) is 31.4 Å². The minimum absolute atomic E-state index is 0.141. The fourth-order valence-electron chi connectivity index (χ4n) is 3.66. The first-order chi connectivity index (χ1) is 12.1. The summed E-state index contributed by atoms with van der Waals surface area (Å²) < 4.78 is 19.3. The third kappa shape index (κ3) is 3.31. The number of carbonyl (C=O) groups is 1. The van der Waals surface area contributed by atoms with Crippen LogP contribution in [0.2, 0.25) is 0 Å². The monoisotopic (exact) mass is 340 g/mol.